The highest BCUT2D eigenvalue weighted by atomic mass is 35.5. The first-order valence-electron chi connectivity index (χ1n) is 10.6. The van der Waals surface area contributed by atoms with Crippen LogP contribution in [0.3, 0.4) is 0 Å². The molecule has 0 aromatic heterocycles. The highest BCUT2D eigenvalue weighted by Crippen LogP contribution is 2.32. The third-order valence-corrected chi connectivity index (χ3v) is 7.75. The summed E-state index contributed by atoms with van der Waals surface area (Å²) in [5.41, 5.74) is 2.01. The molecule has 0 bridgehead atoms. The van der Waals surface area contributed by atoms with Gasteiger partial charge in [-0.05, 0) is 29.8 Å². The molecule has 0 saturated heterocycles. The fourth-order valence-electron chi connectivity index (χ4n) is 3.84. The number of aliphatic imine (C=N–C) groups is 1. The number of halogens is 2. The zero-order valence-corrected chi connectivity index (χ0v) is 21.2. The van der Waals surface area contributed by atoms with Gasteiger partial charge in [0, 0.05) is 49.6 Å². The Morgan fingerprint density at radius 3 is 2.12 bits per heavy atom. The van der Waals surface area contributed by atoms with E-state index in [0.717, 1.165) is 9.99 Å². The number of benzene rings is 2. The van der Waals surface area contributed by atoms with Crippen LogP contribution in [0.5, 0.6) is 0 Å². The molecule has 2 atom stereocenters. The molecule has 2 aromatic carbocycles. The molecular formula is C22H27Cl2N5O4S. The van der Waals surface area contributed by atoms with Gasteiger partial charge >= 0.3 is 6.17 Å². The molecule has 1 aliphatic rings. The Labute approximate surface area is 209 Å². The molecule has 0 saturated carbocycles. The van der Waals surface area contributed by atoms with Gasteiger partial charge in [0.25, 0.3) is 0 Å². The number of hydrogen-bond acceptors (Lipinski definition) is 7. The number of hydrogen-bond donors (Lipinski definition) is 0. The van der Waals surface area contributed by atoms with Crippen LogP contribution in [0.1, 0.15) is 11.6 Å². The van der Waals surface area contributed by atoms with Gasteiger partial charge in [-0.15, -0.1) is 23.2 Å². The second kappa shape index (κ2) is 11.2. The molecule has 12 heteroatoms. The number of sulfonamides is 1. The molecule has 2 unspecified atom stereocenters. The Bertz CT molecular complexity index is 1110. The van der Waals surface area contributed by atoms with E-state index in [1.807, 2.05) is 23.1 Å². The van der Waals surface area contributed by atoms with Crippen LogP contribution in [-0.4, -0.2) is 74.9 Å². The number of rotatable bonds is 11. The van der Waals surface area contributed by atoms with Crippen LogP contribution >= 0.6 is 23.2 Å². The summed E-state index contributed by atoms with van der Waals surface area (Å²) in [6.45, 7) is 1.24. The van der Waals surface area contributed by atoms with Crippen LogP contribution in [-0.2, 0) is 10.0 Å². The number of nitrogens with zero attached hydrogens (tertiary/aromatic N) is 5. The molecule has 0 spiro atoms. The van der Waals surface area contributed by atoms with Gasteiger partial charge in [-0.3, -0.25) is 24.3 Å². The minimum absolute atomic E-state index is 0.148. The van der Waals surface area contributed by atoms with Crippen molar-refractivity contribution in [2.75, 3.05) is 53.9 Å². The normalized spacial score (nSPS) is 18.0. The Morgan fingerprint density at radius 1 is 1.03 bits per heavy atom. The maximum Gasteiger partial charge on any atom is 0.314 e. The van der Waals surface area contributed by atoms with Gasteiger partial charge in [0.1, 0.15) is 11.6 Å². The Kier molecular flexibility index (Phi) is 8.62. The first-order valence-corrected chi connectivity index (χ1v) is 13.3. The summed E-state index contributed by atoms with van der Waals surface area (Å²) in [5, 5.41) is 11.8. The highest BCUT2D eigenvalue weighted by Gasteiger charge is 2.44. The average Bonchev–Trinajstić information content (AvgIpc) is 3.14. The summed E-state index contributed by atoms with van der Waals surface area (Å²) < 4.78 is 27.5. The number of amidine groups is 1. The van der Waals surface area contributed by atoms with Crippen molar-refractivity contribution in [1.82, 2.24) is 4.90 Å². The Balaban J connectivity index is 1.81. The molecular weight excluding hydrogens is 501 g/mol. The van der Waals surface area contributed by atoms with Gasteiger partial charge in [-0.1, -0.05) is 30.3 Å². The number of nitro groups is 1. The van der Waals surface area contributed by atoms with Crippen LogP contribution in [0.2, 0.25) is 0 Å². The van der Waals surface area contributed by atoms with E-state index in [-0.39, 0.29) is 5.84 Å². The molecule has 0 fully saturated rings. The SMILES string of the molecule is CN1C(CS(=O)(=O)N(C)c2ccc(N(CCCl)CCCl)cc2)=NC(c2ccccc2)C1[N+](=O)[O-]. The molecule has 2 aromatic rings. The van der Waals surface area contributed by atoms with Gasteiger partial charge in [-0.2, -0.15) is 0 Å². The van der Waals surface area contributed by atoms with Gasteiger partial charge < -0.3 is 4.90 Å². The van der Waals surface area contributed by atoms with Crippen LogP contribution in [0.4, 0.5) is 11.4 Å². The van der Waals surface area contributed by atoms with Gasteiger partial charge in [0.2, 0.25) is 10.0 Å². The quantitative estimate of drug-likeness (QED) is 0.252. The maximum absolute atomic E-state index is 13.2. The van der Waals surface area contributed by atoms with Crippen molar-refractivity contribution in [1.29, 1.82) is 0 Å². The lowest BCUT2D eigenvalue weighted by Crippen LogP contribution is -2.43. The first-order chi connectivity index (χ1) is 16.2. The van der Waals surface area contributed by atoms with Crippen molar-refractivity contribution in [3.05, 3.63) is 70.3 Å². The lowest BCUT2D eigenvalue weighted by atomic mass is 10.1. The average molecular weight is 528 g/mol. The lowest BCUT2D eigenvalue weighted by molar-refractivity contribution is -0.545. The second-order valence-electron chi connectivity index (χ2n) is 7.82. The molecule has 184 valence electrons. The second-order valence-corrected chi connectivity index (χ2v) is 10.6. The van der Waals surface area contributed by atoms with Crippen molar-refractivity contribution >= 4 is 50.4 Å². The van der Waals surface area contributed by atoms with Crippen LogP contribution < -0.4 is 9.21 Å². The molecule has 1 heterocycles. The minimum Gasteiger partial charge on any atom is -0.369 e. The Morgan fingerprint density at radius 2 is 1.59 bits per heavy atom. The van der Waals surface area contributed by atoms with Crippen LogP contribution in [0.25, 0.3) is 0 Å². The predicted molar refractivity (Wildman–Crippen MR) is 137 cm³/mol. The van der Waals surface area contributed by atoms with Crippen molar-refractivity contribution in [3.8, 4) is 0 Å². The summed E-state index contributed by atoms with van der Waals surface area (Å²) in [5.74, 6) is 0.574. The van der Waals surface area contributed by atoms with Crippen LogP contribution in [0.15, 0.2) is 59.6 Å². The summed E-state index contributed by atoms with van der Waals surface area (Å²) in [4.78, 5) is 19.1. The first kappa shape index (κ1) is 26.1. The molecule has 0 aliphatic carbocycles. The zero-order chi connectivity index (χ0) is 24.9. The van der Waals surface area contributed by atoms with Crippen molar-refractivity contribution in [2.45, 2.75) is 12.2 Å². The zero-order valence-electron chi connectivity index (χ0n) is 18.9. The smallest absolute Gasteiger partial charge is 0.314 e. The lowest BCUT2D eigenvalue weighted by Gasteiger charge is -2.25. The topological polar surface area (TPSA) is 99.4 Å². The molecule has 0 radical (unpaired) electrons. The van der Waals surface area contributed by atoms with E-state index < -0.39 is 32.9 Å². The van der Waals surface area contributed by atoms with E-state index in [1.54, 1.807) is 36.4 Å². The highest BCUT2D eigenvalue weighted by molar-refractivity contribution is 7.93. The standard InChI is InChI=1S/C22H27Cl2N5O4S/c1-26-20(25-21(22(26)29(30)31)17-6-4-3-5-7-17)16-34(32,33)27(2)18-8-10-19(11-9-18)28(14-12-23)15-13-24/h3-11,21-22H,12-16H2,1-2H3. The Hall–Kier alpha value is -2.56. The summed E-state index contributed by atoms with van der Waals surface area (Å²) in [6.07, 6.45) is -1.17. The fraction of sp³-hybridized carbons (Fsp3) is 0.409. The van der Waals surface area contributed by atoms with Gasteiger partial charge in [0.05, 0.1) is 5.69 Å². The van der Waals surface area contributed by atoms with E-state index in [9.17, 15) is 18.5 Å². The monoisotopic (exact) mass is 527 g/mol. The van der Waals surface area contributed by atoms with E-state index in [0.29, 0.717) is 36.1 Å². The largest absolute Gasteiger partial charge is 0.369 e. The summed E-state index contributed by atoms with van der Waals surface area (Å²) >= 11 is 11.7. The van der Waals surface area contributed by atoms with E-state index in [4.69, 9.17) is 23.2 Å². The molecule has 34 heavy (non-hydrogen) atoms. The predicted octanol–water partition coefficient (Wildman–Crippen LogP) is 3.42. The fourth-order valence-corrected chi connectivity index (χ4v) is 5.49. The summed E-state index contributed by atoms with van der Waals surface area (Å²) in [6, 6.07) is 15.1. The number of likely N-dealkylation sites (N-methyl/N-ethyl adjacent to an activating group) is 1. The van der Waals surface area contributed by atoms with Gasteiger partial charge in [0.15, 0.2) is 6.04 Å². The van der Waals surface area contributed by atoms with E-state index >= 15 is 0 Å². The van der Waals surface area contributed by atoms with Crippen molar-refractivity contribution < 1.29 is 13.3 Å². The maximum atomic E-state index is 13.2. The van der Waals surface area contributed by atoms with Crippen molar-refractivity contribution in [2.24, 2.45) is 4.99 Å². The third-order valence-electron chi connectivity index (χ3n) is 5.75. The molecule has 0 amide bonds. The number of alkyl halides is 2. The van der Waals surface area contributed by atoms with Crippen molar-refractivity contribution in [3.63, 3.8) is 0 Å². The van der Waals surface area contributed by atoms with Gasteiger partial charge in [-0.25, -0.2) is 8.42 Å². The summed E-state index contributed by atoms with van der Waals surface area (Å²) in [7, 11) is -0.900. The molecule has 9 nitrogen and oxygen atoms in total. The van der Waals surface area contributed by atoms with E-state index in [1.165, 1.54) is 19.0 Å². The van der Waals surface area contributed by atoms with E-state index in [2.05, 4.69) is 4.99 Å². The molecule has 0 N–H and O–H groups in total. The molecule has 1 aliphatic heterocycles. The molecule has 3 rings (SSSR count). The minimum atomic E-state index is -3.86. The third kappa shape index (κ3) is 5.73. The van der Waals surface area contributed by atoms with Crippen LogP contribution in [0, 0.1) is 10.1 Å². The number of anilines is 2.